The maximum absolute atomic E-state index is 10.5. The van der Waals surface area contributed by atoms with Crippen molar-refractivity contribution in [2.75, 3.05) is 51.3 Å². The van der Waals surface area contributed by atoms with Crippen LogP contribution in [0.1, 0.15) is 24.8 Å². The second kappa shape index (κ2) is 13.1. The van der Waals surface area contributed by atoms with Crippen molar-refractivity contribution < 1.29 is 19.4 Å². The Hall–Kier alpha value is -2.44. The zero-order chi connectivity index (χ0) is 21.2. The zero-order valence-corrected chi connectivity index (χ0v) is 19.0. The molecule has 0 spiro atoms. The number of carbonyl (C=O) groups is 1. The smallest absolute Gasteiger partial charge is 0.303 e. The van der Waals surface area contributed by atoms with Crippen molar-refractivity contribution in [3.63, 3.8) is 0 Å². The van der Waals surface area contributed by atoms with Gasteiger partial charge in [-0.15, -0.1) is 12.4 Å². The number of carboxylic acid groups (broad SMARTS) is 1. The molecule has 0 saturated carbocycles. The Labute approximate surface area is 191 Å². The number of unbranched alkanes of at least 4 members (excludes halogenated alkanes) is 1. The largest absolute Gasteiger partial charge is 0.497 e. The van der Waals surface area contributed by atoms with Crippen molar-refractivity contribution in [2.45, 2.75) is 25.7 Å². The molecule has 1 fully saturated rings. The van der Waals surface area contributed by atoms with E-state index >= 15 is 0 Å². The molecule has 1 N–H and O–H groups in total. The third kappa shape index (κ3) is 8.31. The Morgan fingerprint density at radius 2 is 1.74 bits per heavy atom. The fourth-order valence-corrected chi connectivity index (χ4v) is 3.69. The summed E-state index contributed by atoms with van der Waals surface area (Å²) in [4.78, 5) is 15.4. The second-order valence-corrected chi connectivity index (χ2v) is 7.62. The van der Waals surface area contributed by atoms with E-state index in [1.807, 2.05) is 24.3 Å². The first-order valence-corrected chi connectivity index (χ1v) is 10.7. The van der Waals surface area contributed by atoms with Gasteiger partial charge in [0.1, 0.15) is 18.1 Å². The molecule has 0 unspecified atom stereocenters. The summed E-state index contributed by atoms with van der Waals surface area (Å²) < 4.78 is 11.2. The maximum Gasteiger partial charge on any atom is 0.303 e. The molecule has 1 aliphatic rings. The van der Waals surface area contributed by atoms with Gasteiger partial charge in [0.25, 0.3) is 0 Å². The Kier molecular flexibility index (Phi) is 10.5. The van der Waals surface area contributed by atoms with Crippen molar-refractivity contribution in [1.29, 1.82) is 0 Å². The molecule has 2 aromatic carbocycles. The first-order chi connectivity index (χ1) is 14.6. The average Bonchev–Trinajstić information content (AvgIpc) is 2.78. The summed E-state index contributed by atoms with van der Waals surface area (Å²) in [5, 5.41) is 8.68. The van der Waals surface area contributed by atoms with Crippen molar-refractivity contribution in [1.82, 2.24) is 4.90 Å². The van der Waals surface area contributed by atoms with E-state index in [0.717, 1.165) is 63.5 Å². The van der Waals surface area contributed by atoms with Gasteiger partial charge in [-0.05, 0) is 49.1 Å². The van der Waals surface area contributed by atoms with E-state index in [1.54, 1.807) is 7.11 Å². The van der Waals surface area contributed by atoms with E-state index in [4.69, 9.17) is 14.6 Å². The Bertz CT molecular complexity index is 792. The lowest BCUT2D eigenvalue weighted by molar-refractivity contribution is -0.137. The maximum atomic E-state index is 10.5. The fourth-order valence-electron chi connectivity index (χ4n) is 3.69. The van der Waals surface area contributed by atoms with Gasteiger partial charge in [-0.1, -0.05) is 18.2 Å². The van der Waals surface area contributed by atoms with Crippen molar-refractivity contribution in [3.8, 4) is 11.5 Å². The number of methoxy groups -OCH3 is 1. The van der Waals surface area contributed by atoms with Gasteiger partial charge in [-0.25, -0.2) is 0 Å². The van der Waals surface area contributed by atoms with Crippen molar-refractivity contribution >= 4 is 24.1 Å². The quantitative estimate of drug-likeness (QED) is 0.522. The van der Waals surface area contributed by atoms with Crippen LogP contribution in [0.2, 0.25) is 0 Å². The van der Waals surface area contributed by atoms with Gasteiger partial charge in [0.15, 0.2) is 0 Å². The summed E-state index contributed by atoms with van der Waals surface area (Å²) in [6, 6.07) is 16.4. The molecule has 1 saturated heterocycles. The highest BCUT2D eigenvalue weighted by atomic mass is 35.5. The molecule has 0 bridgehead atoms. The highest BCUT2D eigenvalue weighted by Crippen LogP contribution is 2.22. The molecule has 0 aromatic heterocycles. The minimum absolute atomic E-state index is 0. The van der Waals surface area contributed by atoms with Crippen LogP contribution in [0.4, 0.5) is 5.69 Å². The first-order valence-electron chi connectivity index (χ1n) is 10.7. The van der Waals surface area contributed by atoms with Crippen LogP contribution in [0.25, 0.3) is 0 Å². The summed E-state index contributed by atoms with van der Waals surface area (Å²) in [7, 11) is 1.70. The molecule has 3 rings (SSSR count). The van der Waals surface area contributed by atoms with Gasteiger partial charge >= 0.3 is 5.97 Å². The molecule has 0 atom stereocenters. The van der Waals surface area contributed by atoms with E-state index in [2.05, 4.69) is 34.1 Å². The highest BCUT2D eigenvalue weighted by molar-refractivity contribution is 5.85. The molecule has 1 aliphatic heterocycles. The van der Waals surface area contributed by atoms with E-state index < -0.39 is 5.97 Å². The topological polar surface area (TPSA) is 62.2 Å². The number of piperazine rings is 1. The molecular weight excluding hydrogens is 416 g/mol. The third-order valence-electron chi connectivity index (χ3n) is 5.50. The lowest BCUT2D eigenvalue weighted by Crippen LogP contribution is -2.47. The van der Waals surface area contributed by atoms with Gasteiger partial charge < -0.3 is 19.5 Å². The average molecular weight is 449 g/mol. The number of benzene rings is 2. The number of aryl methyl sites for hydroxylation is 1. The number of halogens is 1. The zero-order valence-electron chi connectivity index (χ0n) is 18.2. The van der Waals surface area contributed by atoms with Gasteiger partial charge in [0, 0.05) is 50.9 Å². The molecule has 31 heavy (non-hydrogen) atoms. The van der Waals surface area contributed by atoms with Crippen molar-refractivity contribution in [3.05, 3.63) is 54.1 Å². The van der Waals surface area contributed by atoms with Crippen molar-refractivity contribution in [2.24, 2.45) is 0 Å². The number of anilines is 1. The minimum atomic E-state index is -0.722. The summed E-state index contributed by atoms with van der Waals surface area (Å²) >= 11 is 0. The molecule has 1 heterocycles. The SMILES string of the molecule is COc1cccc(N2CCN(CCOc3ccc(CCCCC(=O)O)cc3)CC2)c1.Cl. The molecular formula is C24H33ClN2O4. The van der Waals surface area contributed by atoms with Gasteiger partial charge in [-0.3, -0.25) is 9.69 Å². The van der Waals surface area contributed by atoms with Crippen LogP contribution >= 0.6 is 12.4 Å². The number of ether oxygens (including phenoxy) is 2. The van der Waals surface area contributed by atoms with Crippen LogP contribution in [0.3, 0.4) is 0 Å². The second-order valence-electron chi connectivity index (χ2n) is 7.62. The van der Waals surface area contributed by atoms with Crippen LogP contribution in [-0.4, -0.2) is 62.4 Å². The molecule has 0 radical (unpaired) electrons. The molecule has 170 valence electrons. The summed E-state index contributed by atoms with van der Waals surface area (Å²) in [5.74, 6) is 1.06. The van der Waals surface area contributed by atoms with E-state index in [9.17, 15) is 4.79 Å². The molecule has 7 heteroatoms. The standard InChI is InChI=1S/C24H32N2O4.ClH/c1-29-23-7-4-6-21(19-23)26-15-13-25(14-16-26)17-18-30-22-11-9-20(10-12-22)5-2-3-8-24(27)28;/h4,6-7,9-12,19H,2-3,5,8,13-18H2,1H3,(H,27,28);1H. The van der Waals surface area contributed by atoms with E-state index in [0.29, 0.717) is 6.61 Å². The number of nitrogens with zero attached hydrogens (tertiary/aromatic N) is 2. The third-order valence-corrected chi connectivity index (χ3v) is 5.50. The predicted octanol–water partition coefficient (Wildman–Crippen LogP) is 4.12. The number of hydrogen-bond acceptors (Lipinski definition) is 5. The van der Waals surface area contributed by atoms with Crippen LogP contribution in [0.15, 0.2) is 48.5 Å². The van der Waals surface area contributed by atoms with E-state index in [-0.39, 0.29) is 18.8 Å². The number of aliphatic carboxylic acids is 1. The Morgan fingerprint density at radius 3 is 2.42 bits per heavy atom. The number of hydrogen-bond donors (Lipinski definition) is 1. The summed E-state index contributed by atoms with van der Waals surface area (Å²) in [6.45, 7) is 5.65. The van der Waals surface area contributed by atoms with Gasteiger partial charge in [0.2, 0.25) is 0 Å². The van der Waals surface area contributed by atoms with Gasteiger partial charge in [0.05, 0.1) is 7.11 Å². The summed E-state index contributed by atoms with van der Waals surface area (Å²) in [5.41, 5.74) is 2.44. The van der Waals surface area contributed by atoms with Gasteiger partial charge in [-0.2, -0.15) is 0 Å². The molecule has 2 aromatic rings. The highest BCUT2D eigenvalue weighted by Gasteiger charge is 2.17. The molecule has 6 nitrogen and oxygen atoms in total. The monoisotopic (exact) mass is 448 g/mol. The van der Waals surface area contributed by atoms with Crippen LogP contribution in [0.5, 0.6) is 11.5 Å². The Balaban J connectivity index is 0.00000341. The number of carboxylic acids is 1. The number of rotatable bonds is 11. The lowest BCUT2D eigenvalue weighted by Gasteiger charge is -2.36. The van der Waals surface area contributed by atoms with Crippen LogP contribution < -0.4 is 14.4 Å². The van der Waals surface area contributed by atoms with E-state index in [1.165, 1.54) is 11.3 Å². The normalized spacial score (nSPS) is 14.0. The minimum Gasteiger partial charge on any atom is -0.497 e. The molecule has 0 aliphatic carbocycles. The summed E-state index contributed by atoms with van der Waals surface area (Å²) in [6.07, 6.45) is 2.77. The Morgan fingerprint density at radius 1 is 1.00 bits per heavy atom. The molecule has 0 amide bonds. The first kappa shape index (κ1) is 24.8. The van der Waals surface area contributed by atoms with Crippen LogP contribution in [0, 0.1) is 0 Å². The fraction of sp³-hybridized carbons (Fsp3) is 0.458. The lowest BCUT2D eigenvalue weighted by atomic mass is 10.1. The van der Waals surface area contributed by atoms with Crippen LogP contribution in [-0.2, 0) is 11.2 Å². The predicted molar refractivity (Wildman–Crippen MR) is 126 cm³/mol.